The quantitative estimate of drug-likeness (QED) is 0.562. The van der Waals surface area contributed by atoms with Crippen molar-refractivity contribution >= 4 is 11.9 Å². The Labute approximate surface area is 169 Å². The Morgan fingerprint density at radius 2 is 1.72 bits per heavy atom. The summed E-state index contributed by atoms with van der Waals surface area (Å²) in [6, 6.07) is 18.5. The van der Waals surface area contributed by atoms with Crippen LogP contribution < -0.4 is 4.74 Å². The second-order valence-electron chi connectivity index (χ2n) is 6.63. The number of furan rings is 1. The Balaban J connectivity index is 1.60. The van der Waals surface area contributed by atoms with Gasteiger partial charge in [0.05, 0.1) is 13.7 Å². The summed E-state index contributed by atoms with van der Waals surface area (Å²) in [4.78, 5) is 25.9. The molecule has 0 saturated heterocycles. The fourth-order valence-electron chi connectivity index (χ4n) is 2.89. The Kier molecular flexibility index (Phi) is 6.34. The third-order valence-electron chi connectivity index (χ3n) is 4.46. The van der Waals surface area contributed by atoms with Crippen molar-refractivity contribution < 1.29 is 23.5 Å². The van der Waals surface area contributed by atoms with Gasteiger partial charge in [0.25, 0.3) is 5.91 Å². The molecule has 150 valence electrons. The normalized spacial score (nSPS) is 10.4. The van der Waals surface area contributed by atoms with Gasteiger partial charge in [-0.05, 0) is 42.8 Å². The van der Waals surface area contributed by atoms with Crippen LogP contribution in [0.3, 0.4) is 0 Å². The number of esters is 1. The summed E-state index contributed by atoms with van der Waals surface area (Å²) in [7, 11) is 3.00. The molecule has 0 aliphatic carbocycles. The smallest absolute Gasteiger partial charge is 0.341 e. The summed E-state index contributed by atoms with van der Waals surface area (Å²) >= 11 is 0. The third-order valence-corrected chi connectivity index (χ3v) is 4.46. The van der Waals surface area contributed by atoms with Gasteiger partial charge in [-0.3, -0.25) is 4.79 Å². The lowest BCUT2D eigenvalue weighted by molar-refractivity contribution is 0.0598. The van der Waals surface area contributed by atoms with E-state index in [0.29, 0.717) is 35.0 Å². The lowest BCUT2D eigenvalue weighted by atomic mass is 10.2. The third kappa shape index (κ3) is 5.04. The van der Waals surface area contributed by atoms with Gasteiger partial charge in [-0.15, -0.1) is 0 Å². The van der Waals surface area contributed by atoms with Gasteiger partial charge in [-0.2, -0.15) is 0 Å². The minimum atomic E-state index is -0.461. The average molecular weight is 393 g/mol. The van der Waals surface area contributed by atoms with Crippen LogP contribution in [-0.2, 0) is 17.9 Å². The van der Waals surface area contributed by atoms with Crippen LogP contribution in [-0.4, -0.2) is 30.9 Å². The number of aryl methyl sites for hydroxylation is 1. The van der Waals surface area contributed by atoms with Crippen molar-refractivity contribution in [2.75, 3.05) is 14.2 Å². The second-order valence-corrected chi connectivity index (χ2v) is 6.63. The topological polar surface area (TPSA) is 69.0 Å². The van der Waals surface area contributed by atoms with E-state index in [1.165, 1.54) is 12.0 Å². The number of nitrogens with zero attached hydrogens (tertiary/aromatic N) is 1. The first-order valence-electron chi connectivity index (χ1n) is 9.18. The molecule has 1 amide bonds. The number of benzene rings is 2. The highest BCUT2D eigenvalue weighted by molar-refractivity contribution is 5.94. The van der Waals surface area contributed by atoms with Crippen LogP contribution in [0.15, 0.2) is 65.1 Å². The molecule has 0 radical (unpaired) electrons. The summed E-state index contributed by atoms with van der Waals surface area (Å²) in [5.74, 6) is 1.05. The molecule has 1 aromatic heterocycles. The highest BCUT2D eigenvalue weighted by atomic mass is 16.5. The van der Waals surface area contributed by atoms with Crippen LogP contribution in [0.2, 0.25) is 0 Å². The monoisotopic (exact) mass is 393 g/mol. The van der Waals surface area contributed by atoms with E-state index < -0.39 is 5.97 Å². The number of hydrogen-bond acceptors (Lipinski definition) is 5. The van der Waals surface area contributed by atoms with Crippen LogP contribution in [0.4, 0.5) is 0 Å². The summed E-state index contributed by atoms with van der Waals surface area (Å²) in [6.45, 7) is 2.39. The molecule has 0 N–H and O–H groups in total. The van der Waals surface area contributed by atoms with Gasteiger partial charge in [0.2, 0.25) is 0 Å². The van der Waals surface area contributed by atoms with Gasteiger partial charge < -0.3 is 18.8 Å². The molecule has 2 aromatic carbocycles. The zero-order valence-electron chi connectivity index (χ0n) is 16.7. The Morgan fingerprint density at radius 1 is 1.03 bits per heavy atom. The van der Waals surface area contributed by atoms with E-state index in [4.69, 9.17) is 13.9 Å². The van der Waals surface area contributed by atoms with Gasteiger partial charge in [0.1, 0.15) is 29.4 Å². The number of methoxy groups -OCH3 is 1. The van der Waals surface area contributed by atoms with Crippen molar-refractivity contribution in [1.82, 2.24) is 4.90 Å². The highest BCUT2D eigenvalue weighted by Gasteiger charge is 2.18. The number of ether oxygens (including phenoxy) is 2. The largest absolute Gasteiger partial charge is 0.489 e. The standard InChI is InChI=1S/C23H23NO5/c1-16-21(23(26)27-3)13-20(29-16)14-24(2)22(25)18-9-11-19(12-10-18)28-15-17-7-5-4-6-8-17/h4-13H,14-15H2,1-3H3. The molecule has 29 heavy (non-hydrogen) atoms. The second kappa shape index (κ2) is 9.10. The van der Waals surface area contributed by atoms with Crippen LogP contribution in [0.25, 0.3) is 0 Å². The zero-order valence-corrected chi connectivity index (χ0v) is 16.7. The maximum atomic E-state index is 12.7. The molecule has 3 aromatic rings. The summed E-state index contributed by atoms with van der Waals surface area (Å²) in [6.07, 6.45) is 0. The van der Waals surface area contributed by atoms with E-state index in [-0.39, 0.29) is 12.5 Å². The fraction of sp³-hybridized carbons (Fsp3) is 0.217. The van der Waals surface area contributed by atoms with E-state index >= 15 is 0 Å². The molecule has 0 spiro atoms. The molecule has 0 fully saturated rings. The predicted octanol–water partition coefficient (Wildman–Crippen LogP) is 4.23. The SMILES string of the molecule is COC(=O)c1cc(CN(C)C(=O)c2ccc(OCc3ccccc3)cc2)oc1C. The van der Waals surface area contributed by atoms with Crippen molar-refractivity contribution in [3.05, 3.63) is 88.9 Å². The van der Waals surface area contributed by atoms with Crippen LogP contribution in [0.5, 0.6) is 5.75 Å². The molecule has 0 aliphatic rings. The predicted molar refractivity (Wildman–Crippen MR) is 108 cm³/mol. The van der Waals surface area contributed by atoms with Crippen LogP contribution in [0, 0.1) is 6.92 Å². The molecule has 0 aliphatic heterocycles. The van der Waals surface area contributed by atoms with Crippen LogP contribution >= 0.6 is 0 Å². The van der Waals surface area contributed by atoms with Crippen molar-refractivity contribution in [1.29, 1.82) is 0 Å². The molecule has 3 rings (SSSR count). The van der Waals surface area contributed by atoms with E-state index in [0.717, 1.165) is 5.56 Å². The highest BCUT2D eigenvalue weighted by Crippen LogP contribution is 2.19. The molecule has 0 unspecified atom stereocenters. The van der Waals surface area contributed by atoms with E-state index in [9.17, 15) is 9.59 Å². The first kappa shape index (κ1) is 20.2. The zero-order chi connectivity index (χ0) is 20.8. The molecular weight excluding hydrogens is 370 g/mol. The first-order valence-corrected chi connectivity index (χ1v) is 9.18. The Hall–Kier alpha value is -3.54. The van der Waals surface area contributed by atoms with Crippen molar-refractivity contribution in [3.63, 3.8) is 0 Å². The van der Waals surface area contributed by atoms with Gasteiger partial charge in [0.15, 0.2) is 0 Å². The molecule has 0 atom stereocenters. The number of carbonyl (C=O) groups is 2. The summed E-state index contributed by atoms with van der Waals surface area (Å²) in [5, 5.41) is 0. The molecule has 0 saturated carbocycles. The van der Waals surface area contributed by atoms with E-state index in [1.807, 2.05) is 30.3 Å². The summed E-state index contributed by atoms with van der Waals surface area (Å²) < 4.78 is 16.0. The van der Waals surface area contributed by atoms with Gasteiger partial charge >= 0.3 is 5.97 Å². The lowest BCUT2D eigenvalue weighted by Crippen LogP contribution is -2.25. The van der Waals surface area contributed by atoms with Gasteiger partial charge in [0, 0.05) is 12.6 Å². The average Bonchev–Trinajstić information content (AvgIpc) is 3.12. The minimum absolute atomic E-state index is 0.159. The molecular formula is C23H23NO5. The molecule has 6 heteroatoms. The first-order chi connectivity index (χ1) is 14.0. The number of hydrogen-bond donors (Lipinski definition) is 0. The molecule has 0 bridgehead atoms. The molecule has 1 heterocycles. The van der Waals surface area contributed by atoms with Gasteiger partial charge in [-0.25, -0.2) is 4.79 Å². The minimum Gasteiger partial charge on any atom is -0.489 e. The summed E-state index contributed by atoms with van der Waals surface area (Å²) in [5.41, 5.74) is 1.98. The van der Waals surface area contributed by atoms with Crippen LogP contribution in [0.1, 0.15) is 37.8 Å². The maximum absolute atomic E-state index is 12.7. The number of amides is 1. The Bertz CT molecular complexity index is 976. The molecule has 6 nitrogen and oxygen atoms in total. The van der Waals surface area contributed by atoms with Crippen molar-refractivity contribution in [2.45, 2.75) is 20.1 Å². The number of rotatable bonds is 7. The fourth-order valence-corrected chi connectivity index (χ4v) is 2.89. The number of carbonyl (C=O) groups excluding carboxylic acids is 2. The van der Waals surface area contributed by atoms with Crippen molar-refractivity contribution in [2.24, 2.45) is 0 Å². The van der Waals surface area contributed by atoms with E-state index in [2.05, 4.69) is 0 Å². The maximum Gasteiger partial charge on any atom is 0.341 e. The van der Waals surface area contributed by atoms with Crippen molar-refractivity contribution in [3.8, 4) is 5.75 Å². The van der Waals surface area contributed by atoms with Gasteiger partial charge in [-0.1, -0.05) is 30.3 Å². The Morgan fingerprint density at radius 3 is 2.38 bits per heavy atom. The lowest BCUT2D eigenvalue weighted by Gasteiger charge is -2.16. The van der Waals surface area contributed by atoms with E-state index in [1.54, 1.807) is 44.3 Å².